The van der Waals surface area contributed by atoms with Gasteiger partial charge in [0.2, 0.25) is 5.75 Å². The van der Waals surface area contributed by atoms with E-state index in [1.807, 2.05) is 30.3 Å². The molecule has 0 fully saturated rings. The third-order valence-corrected chi connectivity index (χ3v) is 4.09. The van der Waals surface area contributed by atoms with Gasteiger partial charge in [-0.1, -0.05) is 6.07 Å². The molecule has 0 aromatic heterocycles. The van der Waals surface area contributed by atoms with Crippen LogP contribution in [0.25, 0.3) is 0 Å². The Labute approximate surface area is 155 Å². The van der Waals surface area contributed by atoms with Crippen molar-refractivity contribution < 1.29 is 23.7 Å². The number of benzene rings is 2. The minimum absolute atomic E-state index is 0.601. The van der Waals surface area contributed by atoms with Crippen LogP contribution in [0.2, 0.25) is 0 Å². The number of rotatable bonds is 10. The molecule has 0 aliphatic rings. The van der Waals surface area contributed by atoms with Crippen LogP contribution in [0.1, 0.15) is 11.1 Å². The summed E-state index contributed by atoms with van der Waals surface area (Å²) in [4.78, 5) is 0. The van der Waals surface area contributed by atoms with Gasteiger partial charge < -0.3 is 29.0 Å². The molecular formula is C20H27NO5. The van der Waals surface area contributed by atoms with E-state index < -0.39 is 0 Å². The van der Waals surface area contributed by atoms with Gasteiger partial charge in [-0.2, -0.15) is 0 Å². The quantitative estimate of drug-likeness (QED) is 0.657. The van der Waals surface area contributed by atoms with E-state index in [2.05, 4.69) is 5.32 Å². The van der Waals surface area contributed by atoms with Crippen molar-refractivity contribution >= 4 is 0 Å². The molecule has 142 valence electrons. The van der Waals surface area contributed by atoms with Crippen LogP contribution in [0.5, 0.6) is 28.7 Å². The highest BCUT2D eigenvalue weighted by Gasteiger charge is 2.13. The summed E-state index contributed by atoms with van der Waals surface area (Å²) in [6, 6.07) is 9.87. The van der Waals surface area contributed by atoms with Crippen molar-refractivity contribution in [3.8, 4) is 28.7 Å². The minimum Gasteiger partial charge on any atom is -0.493 e. The third-order valence-electron chi connectivity index (χ3n) is 4.09. The summed E-state index contributed by atoms with van der Waals surface area (Å²) in [6.07, 6.45) is 0.880. The van der Waals surface area contributed by atoms with Gasteiger partial charge in [0.1, 0.15) is 0 Å². The molecule has 2 rings (SSSR count). The van der Waals surface area contributed by atoms with Crippen LogP contribution in [0.4, 0.5) is 0 Å². The number of nitrogens with one attached hydrogen (secondary N) is 1. The smallest absolute Gasteiger partial charge is 0.203 e. The van der Waals surface area contributed by atoms with Crippen LogP contribution >= 0.6 is 0 Å². The Bertz CT molecular complexity index is 692. The Kier molecular flexibility index (Phi) is 7.41. The first-order chi connectivity index (χ1) is 12.7. The van der Waals surface area contributed by atoms with E-state index in [9.17, 15) is 0 Å². The fourth-order valence-electron chi connectivity index (χ4n) is 2.74. The predicted molar refractivity (Wildman–Crippen MR) is 101 cm³/mol. The van der Waals surface area contributed by atoms with Gasteiger partial charge in [-0.15, -0.1) is 0 Å². The van der Waals surface area contributed by atoms with Gasteiger partial charge in [0, 0.05) is 6.54 Å². The predicted octanol–water partition coefficient (Wildman–Crippen LogP) is 3.06. The van der Waals surface area contributed by atoms with Gasteiger partial charge in [-0.3, -0.25) is 0 Å². The summed E-state index contributed by atoms with van der Waals surface area (Å²) in [5, 5.41) is 3.43. The maximum atomic E-state index is 5.38. The lowest BCUT2D eigenvalue weighted by atomic mass is 10.1. The standard InChI is InChI=1S/C20H27NO5/c1-22-16-7-6-14(10-17(16)23-2)8-9-21-13-15-11-18(24-3)20(26-5)19(12-15)25-4/h6-7,10-12,21H,8-9,13H2,1-5H3. The molecule has 2 aromatic rings. The number of ether oxygens (including phenoxy) is 5. The van der Waals surface area contributed by atoms with Gasteiger partial charge in [0.15, 0.2) is 23.0 Å². The maximum Gasteiger partial charge on any atom is 0.203 e. The Hall–Kier alpha value is -2.60. The van der Waals surface area contributed by atoms with Crippen LogP contribution in [0, 0.1) is 0 Å². The first-order valence-electron chi connectivity index (χ1n) is 8.37. The second-order valence-electron chi connectivity index (χ2n) is 5.65. The van der Waals surface area contributed by atoms with Crippen molar-refractivity contribution in [2.75, 3.05) is 42.1 Å². The van der Waals surface area contributed by atoms with Crippen molar-refractivity contribution in [1.29, 1.82) is 0 Å². The fourth-order valence-corrected chi connectivity index (χ4v) is 2.74. The molecule has 0 saturated heterocycles. The molecule has 6 heteroatoms. The minimum atomic E-state index is 0.601. The maximum absolute atomic E-state index is 5.38. The van der Waals surface area contributed by atoms with Crippen LogP contribution in [-0.2, 0) is 13.0 Å². The molecule has 0 saturated carbocycles. The Balaban J connectivity index is 1.96. The molecule has 1 N–H and O–H groups in total. The molecule has 26 heavy (non-hydrogen) atoms. The normalized spacial score (nSPS) is 10.3. The molecular weight excluding hydrogens is 334 g/mol. The van der Waals surface area contributed by atoms with E-state index in [4.69, 9.17) is 23.7 Å². The monoisotopic (exact) mass is 361 g/mol. The van der Waals surface area contributed by atoms with Crippen molar-refractivity contribution in [3.63, 3.8) is 0 Å². The van der Waals surface area contributed by atoms with E-state index >= 15 is 0 Å². The largest absolute Gasteiger partial charge is 0.493 e. The van der Waals surface area contributed by atoms with Crippen molar-refractivity contribution in [2.24, 2.45) is 0 Å². The van der Waals surface area contributed by atoms with Crippen molar-refractivity contribution in [3.05, 3.63) is 41.5 Å². The number of hydrogen-bond acceptors (Lipinski definition) is 6. The Morgan fingerprint density at radius 3 is 1.77 bits per heavy atom. The molecule has 0 unspecified atom stereocenters. The topological polar surface area (TPSA) is 58.2 Å². The summed E-state index contributed by atoms with van der Waals surface area (Å²) < 4.78 is 26.7. The van der Waals surface area contributed by atoms with Crippen LogP contribution in [0.15, 0.2) is 30.3 Å². The van der Waals surface area contributed by atoms with Crippen LogP contribution in [-0.4, -0.2) is 42.1 Å². The summed E-state index contributed by atoms with van der Waals surface area (Å²) in [5.74, 6) is 3.40. The second-order valence-corrected chi connectivity index (χ2v) is 5.65. The lowest BCUT2D eigenvalue weighted by Gasteiger charge is -2.14. The number of methoxy groups -OCH3 is 5. The van der Waals surface area contributed by atoms with Gasteiger partial charge >= 0.3 is 0 Å². The first kappa shape index (κ1) is 19.7. The molecule has 0 amide bonds. The van der Waals surface area contributed by atoms with Crippen molar-refractivity contribution in [2.45, 2.75) is 13.0 Å². The zero-order valence-corrected chi connectivity index (χ0v) is 16.0. The van der Waals surface area contributed by atoms with Gasteiger partial charge in [0.25, 0.3) is 0 Å². The molecule has 0 aliphatic heterocycles. The highest BCUT2D eigenvalue weighted by molar-refractivity contribution is 5.53. The zero-order chi connectivity index (χ0) is 18.9. The first-order valence-corrected chi connectivity index (χ1v) is 8.37. The van der Waals surface area contributed by atoms with E-state index in [1.165, 1.54) is 5.56 Å². The average Bonchev–Trinajstić information content (AvgIpc) is 2.69. The van der Waals surface area contributed by atoms with Crippen LogP contribution < -0.4 is 29.0 Å². The number of hydrogen-bond donors (Lipinski definition) is 1. The van der Waals surface area contributed by atoms with Gasteiger partial charge in [0.05, 0.1) is 35.5 Å². The molecule has 0 aliphatic carbocycles. The lowest BCUT2D eigenvalue weighted by Crippen LogP contribution is -2.17. The molecule has 2 aromatic carbocycles. The molecule has 0 heterocycles. The third kappa shape index (κ3) is 4.73. The Morgan fingerprint density at radius 1 is 0.654 bits per heavy atom. The summed E-state index contributed by atoms with van der Waals surface area (Å²) >= 11 is 0. The lowest BCUT2D eigenvalue weighted by molar-refractivity contribution is 0.323. The second kappa shape index (κ2) is 9.77. The SMILES string of the molecule is COc1ccc(CCNCc2cc(OC)c(OC)c(OC)c2)cc1OC. The highest BCUT2D eigenvalue weighted by Crippen LogP contribution is 2.38. The average molecular weight is 361 g/mol. The van der Waals surface area contributed by atoms with Gasteiger partial charge in [-0.25, -0.2) is 0 Å². The molecule has 0 radical (unpaired) electrons. The van der Waals surface area contributed by atoms with E-state index in [-0.39, 0.29) is 0 Å². The molecule has 0 atom stereocenters. The van der Waals surface area contributed by atoms with Crippen molar-refractivity contribution in [1.82, 2.24) is 5.32 Å². The molecule has 6 nitrogen and oxygen atoms in total. The Morgan fingerprint density at radius 2 is 1.23 bits per heavy atom. The summed E-state index contributed by atoms with van der Waals surface area (Å²) in [5.41, 5.74) is 2.24. The van der Waals surface area contributed by atoms with E-state index in [1.54, 1.807) is 35.5 Å². The summed E-state index contributed by atoms with van der Waals surface area (Å²) in [6.45, 7) is 1.52. The van der Waals surface area contributed by atoms with Crippen LogP contribution in [0.3, 0.4) is 0 Å². The fraction of sp³-hybridized carbons (Fsp3) is 0.400. The summed E-state index contributed by atoms with van der Waals surface area (Å²) in [7, 11) is 8.11. The van der Waals surface area contributed by atoms with E-state index in [0.29, 0.717) is 23.8 Å². The zero-order valence-electron chi connectivity index (χ0n) is 16.0. The molecule has 0 spiro atoms. The highest BCUT2D eigenvalue weighted by atomic mass is 16.5. The molecule has 0 bridgehead atoms. The van der Waals surface area contributed by atoms with E-state index in [0.717, 1.165) is 30.0 Å². The van der Waals surface area contributed by atoms with Gasteiger partial charge in [-0.05, 0) is 48.4 Å².